The van der Waals surface area contributed by atoms with Crippen LogP contribution in [-0.2, 0) is 4.79 Å². The van der Waals surface area contributed by atoms with Crippen LogP contribution in [0.5, 0.6) is 0 Å². The lowest BCUT2D eigenvalue weighted by Gasteiger charge is -1.98. The molecule has 74 valence electrons. The van der Waals surface area contributed by atoms with Crippen molar-refractivity contribution in [2.75, 3.05) is 0 Å². The molecule has 0 aliphatic carbocycles. The Morgan fingerprint density at radius 2 is 2.36 bits per heavy atom. The average molecular weight is 261 g/mol. The zero-order valence-electron chi connectivity index (χ0n) is 6.87. The van der Waals surface area contributed by atoms with Gasteiger partial charge in [0.1, 0.15) is 5.82 Å². The Balaban J connectivity index is 3.03. The highest BCUT2D eigenvalue weighted by atomic mass is 79.9. The maximum Gasteiger partial charge on any atom is 0.190 e. The van der Waals surface area contributed by atoms with Gasteiger partial charge in [0, 0.05) is 0 Å². The summed E-state index contributed by atoms with van der Waals surface area (Å²) in [5.41, 5.74) is 1.96. The monoisotopic (exact) mass is 260 g/mol. The van der Waals surface area contributed by atoms with Gasteiger partial charge in [-0.1, -0.05) is 0 Å². The summed E-state index contributed by atoms with van der Waals surface area (Å²) in [5, 5.41) is 8.41. The number of rotatable bonds is 2. The first-order chi connectivity index (χ1) is 6.67. The van der Waals surface area contributed by atoms with Crippen molar-refractivity contribution in [3.8, 4) is 0 Å². The molecule has 0 heterocycles. The highest BCUT2D eigenvalue weighted by Crippen LogP contribution is 2.21. The maximum atomic E-state index is 12.8. The van der Waals surface area contributed by atoms with E-state index in [1.54, 1.807) is 5.48 Å². The van der Waals surface area contributed by atoms with Crippen molar-refractivity contribution in [3.63, 3.8) is 0 Å². The predicted molar refractivity (Wildman–Crippen MR) is 52.2 cm³/mol. The van der Waals surface area contributed by atoms with Crippen molar-refractivity contribution in [2.45, 2.75) is 0 Å². The molecule has 0 amide bonds. The number of aldehydes is 1. The Morgan fingerprint density at radius 1 is 1.64 bits per heavy atom. The van der Waals surface area contributed by atoms with Gasteiger partial charge in [0.2, 0.25) is 0 Å². The van der Waals surface area contributed by atoms with Gasteiger partial charge in [-0.05, 0) is 34.1 Å². The van der Waals surface area contributed by atoms with Crippen LogP contribution in [0.2, 0.25) is 0 Å². The van der Waals surface area contributed by atoms with E-state index in [1.807, 2.05) is 0 Å². The molecule has 0 bridgehead atoms. The van der Waals surface area contributed by atoms with Crippen LogP contribution in [0.15, 0.2) is 27.7 Å². The number of hydrogen-bond donors (Lipinski definition) is 2. The fourth-order valence-electron chi connectivity index (χ4n) is 0.771. The van der Waals surface area contributed by atoms with Crippen LogP contribution in [0.3, 0.4) is 0 Å². The van der Waals surface area contributed by atoms with Gasteiger partial charge < -0.3 is 0 Å². The number of carbonyl (C=O) groups excluding carboxylic acids is 1. The maximum absolute atomic E-state index is 12.8. The first-order valence-corrected chi connectivity index (χ1v) is 4.35. The molecule has 0 atom stereocenters. The van der Waals surface area contributed by atoms with Crippen LogP contribution in [0.1, 0.15) is 0 Å². The van der Waals surface area contributed by atoms with Gasteiger partial charge in [0.15, 0.2) is 12.1 Å². The summed E-state index contributed by atoms with van der Waals surface area (Å²) in [6.45, 7) is 0. The van der Waals surface area contributed by atoms with E-state index in [-0.39, 0.29) is 10.3 Å². The van der Waals surface area contributed by atoms with Crippen molar-refractivity contribution in [3.05, 3.63) is 28.5 Å². The van der Waals surface area contributed by atoms with Crippen LogP contribution in [0.4, 0.5) is 10.1 Å². The second kappa shape index (κ2) is 4.83. The number of carbonyl (C=O) groups is 1. The van der Waals surface area contributed by atoms with E-state index < -0.39 is 5.82 Å². The number of hydroxylamine groups is 1. The highest BCUT2D eigenvalue weighted by molar-refractivity contribution is 9.10. The number of hydrogen-bond acceptors (Lipinski definition) is 3. The molecule has 14 heavy (non-hydrogen) atoms. The summed E-state index contributed by atoms with van der Waals surface area (Å²) < 4.78 is 13.0. The SMILES string of the molecule is O=CC(=Nc1ccc(F)c(Br)c1)NO. The van der Waals surface area contributed by atoms with Gasteiger partial charge in [-0.3, -0.25) is 10.0 Å². The summed E-state index contributed by atoms with van der Waals surface area (Å²) in [6, 6.07) is 3.96. The van der Waals surface area contributed by atoms with Crippen molar-refractivity contribution in [2.24, 2.45) is 4.99 Å². The lowest BCUT2D eigenvalue weighted by atomic mass is 10.3. The molecule has 4 nitrogen and oxygen atoms in total. The lowest BCUT2D eigenvalue weighted by molar-refractivity contribution is -0.103. The zero-order chi connectivity index (χ0) is 10.6. The van der Waals surface area contributed by atoms with Gasteiger partial charge in [0.25, 0.3) is 0 Å². The van der Waals surface area contributed by atoms with E-state index >= 15 is 0 Å². The minimum absolute atomic E-state index is 0.238. The third-order valence-electron chi connectivity index (χ3n) is 1.38. The molecule has 0 aliphatic heterocycles. The van der Waals surface area contributed by atoms with E-state index in [0.717, 1.165) is 0 Å². The number of benzene rings is 1. The highest BCUT2D eigenvalue weighted by Gasteiger charge is 2.00. The Labute approximate surface area is 87.5 Å². The lowest BCUT2D eigenvalue weighted by Crippen LogP contribution is -2.19. The molecule has 0 fully saturated rings. The molecular weight excluding hydrogens is 255 g/mol. The molecule has 0 spiro atoms. The Kier molecular flexibility index (Phi) is 3.73. The van der Waals surface area contributed by atoms with Crippen LogP contribution in [0, 0.1) is 5.82 Å². The van der Waals surface area contributed by atoms with Gasteiger partial charge in [-0.25, -0.2) is 14.9 Å². The molecule has 6 heteroatoms. The third kappa shape index (κ3) is 2.61. The van der Waals surface area contributed by atoms with Gasteiger partial charge in [-0.15, -0.1) is 0 Å². The summed E-state index contributed by atoms with van der Waals surface area (Å²) >= 11 is 2.96. The molecule has 1 aromatic carbocycles. The summed E-state index contributed by atoms with van der Waals surface area (Å²) in [7, 11) is 0. The van der Waals surface area contributed by atoms with E-state index in [0.29, 0.717) is 12.0 Å². The third-order valence-corrected chi connectivity index (χ3v) is 1.99. The number of aliphatic imine (C=N–C) groups is 1. The number of amidine groups is 1. The minimum atomic E-state index is -0.423. The second-order valence-electron chi connectivity index (χ2n) is 2.33. The van der Waals surface area contributed by atoms with E-state index in [2.05, 4.69) is 20.9 Å². The second-order valence-corrected chi connectivity index (χ2v) is 3.18. The predicted octanol–water partition coefficient (Wildman–Crippen LogP) is 1.80. The molecule has 2 N–H and O–H groups in total. The van der Waals surface area contributed by atoms with Crippen LogP contribution in [0.25, 0.3) is 0 Å². The molecule has 0 unspecified atom stereocenters. The first-order valence-electron chi connectivity index (χ1n) is 3.56. The molecule has 0 saturated carbocycles. The van der Waals surface area contributed by atoms with Gasteiger partial charge in [0.05, 0.1) is 10.2 Å². The fourth-order valence-corrected chi connectivity index (χ4v) is 1.14. The van der Waals surface area contributed by atoms with Crippen molar-refractivity contribution < 1.29 is 14.4 Å². The van der Waals surface area contributed by atoms with E-state index in [4.69, 9.17) is 5.21 Å². The molecule has 0 saturated heterocycles. The fraction of sp³-hybridized carbons (Fsp3) is 0. The number of nitrogens with one attached hydrogen (secondary N) is 1. The van der Waals surface area contributed by atoms with Gasteiger partial charge in [-0.2, -0.15) is 0 Å². The number of nitrogens with zero attached hydrogens (tertiary/aromatic N) is 1. The van der Waals surface area contributed by atoms with Gasteiger partial charge >= 0.3 is 0 Å². The van der Waals surface area contributed by atoms with Crippen molar-refractivity contribution in [1.82, 2.24) is 5.48 Å². The average Bonchev–Trinajstić information content (AvgIpc) is 2.19. The zero-order valence-corrected chi connectivity index (χ0v) is 8.45. The molecule has 0 radical (unpaired) electrons. The summed E-state index contributed by atoms with van der Waals surface area (Å²) in [4.78, 5) is 13.9. The molecule has 0 aromatic heterocycles. The van der Waals surface area contributed by atoms with Crippen LogP contribution >= 0.6 is 15.9 Å². The minimum Gasteiger partial charge on any atom is -0.294 e. The van der Waals surface area contributed by atoms with Crippen LogP contribution in [-0.4, -0.2) is 17.3 Å². The normalized spacial score (nSPS) is 11.2. The van der Waals surface area contributed by atoms with Crippen molar-refractivity contribution >= 4 is 33.7 Å². The first kappa shape index (κ1) is 10.8. The Hall–Kier alpha value is -1.27. The van der Waals surface area contributed by atoms with Crippen LogP contribution < -0.4 is 5.48 Å². The molecule has 1 aromatic rings. The number of halogens is 2. The molecular formula is C8H6BrFN2O2. The molecule has 1 rings (SSSR count). The molecule has 0 aliphatic rings. The summed E-state index contributed by atoms with van der Waals surface area (Å²) in [5.74, 6) is -0.669. The Morgan fingerprint density at radius 3 is 2.86 bits per heavy atom. The summed E-state index contributed by atoms with van der Waals surface area (Å²) in [6.07, 6.45) is 0.345. The van der Waals surface area contributed by atoms with Crippen molar-refractivity contribution in [1.29, 1.82) is 0 Å². The Bertz CT molecular complexity index is 382. The topological polar surface area (TPSA) is 61.7 Å². The smallest absolute Gasteiger partial charge is 0.190 e. The van der Waals surface area contributed by atoms with E-state index in [1.165, 1.54) is 18.2 Å². The standard InChI is InChI=1S/C8H6BrFN2O2/c9-6-3-5(1-2-7(6)10)11-8(4-13)12-14/h1-4,14H,(H,11,12). The quantitative estimate of drug-likeness (QED) is 0.369. The largest absolute Gasteiger partial charge is 0.294 e. The van der Waals surface area contributed by atoms with E-state index in [9.17, 15) is 9.18 Å².